The second-order valence-corrected chi connectivity index (χ2v) is 6.62. The van der Waals surface area contributed by atoms with Gasteiger partial charge >= 0.3 is 0 Å². The molecule has 2 rings (SSSR count). The fourth-order valence-electron chi connectivity index (χ4n) is 2.39. The van der Waals surface area contributed by atoms with Gasteiger partial charge in [0.25, 0.3) is 5.91 Å². The number of nitrogens with one attached hydrogen (secondary N) is 2. The van der Waals surface area contributed by atoms with Crippen molar-refractivity contribution in [3.8, 4) is 0 Å². The first-order valence-corrected chi connectivity index (χ1v) is 7.10. The maximum atomic E-state index is 12.1. The molecule has 0 saturated heterocycles. The molecular weight excluding hydrogens is 266 g/mol. The van der Waals surface area contributed by atoms with Crippen molar-refractivity contribution >= 4 is 22.5 Å². The van der Waals surface area contributed by atoms with Gasteiger partial charge in [0, 0.05) is 11.9 Å². The Hall–Kier alpha value is -2.01. The van der Waals surface area contributed by atoms with Crippen LogP contribution in [0.15, 0.2) is 24.3 Å². The monoisotopic (exact) mass is 289 g/mol. The minimum atomic E-state index is -0.552. The lowest BCUT2D eigenvalue weighted by Crippen LogP contribution is -2.34. The number of para-hydroxylation sites is 1. The zero-order valence-corrected chi connectivity index (χ0v) is 12.7. The zero-order valence-electron chi connectivity index (χ0n) is 12.7. The number of anilines is 1. The van der Waals surface area contributed by atoms with Crippen molar-refractivity contribution in [1.82, 2.24) is 10.3 Å². The summed E-state index contributed by atoms with van der Waals surface area (Å²) < 4.78 is 0. The van der Waals surface area contributed by atoms with Crippen LogP contribution in [0.4, 0.5) is 5.69 Å². The van der Waals surface area contributed by atoms with E-state index in [0.29, 0.717) is 17.8 Å². The van der Waals surface area contributed by atoms with Crippen molar-refractivity contribution in [2.24, 2.45) is 5.41 Å². The number of H-pyrrole nitrogens is 1. The molecule has 1 aromatic carbocycles. The van der Waals surface area contributed by atoms with Crippen LogP contribution in [0.2, 0.25) is 0 Å². The quantitative estimate of drug-likeness (QED) is 0.651. The third-order valence-electron chi connectivity index (χ3n) is 3.28. The van der Waals surface area contributed by atoms with E-state index in [4.69, 9.17) is 5.73 Å². The number of aliphatic hydroxyl groups excluding tert-OH is 1. The second-order valence-electron chi connectivity index (χ2n) is 6.62. The average Bonchev–Trinajstić information content (AvgIpc) is 2.79. The molecule has 0 fully saturated rings. The van der Waals surface area contributed by atoms with Crippen molar-refractivity contribution in [2.45, 2.75) is 33.3 Å². The summed E-state index contributed by atoms with van der Waals surface area (Å²) in [5.41, 5.74) is 7.71. The topological polar surface area (TPSA) is 91.1 Å². The van der Waals surface area contributed by atoms with E-state index in [9.17, 15) is 9.90 Å². The Labute approximate surface area is 124 Å². The number of hydrogen-bond acceptors (Lipinski definition) is 3. The number of aliphatic hydroxyl groups is 1. The largest absolute Gasteiger partial charge is 0.397 e. The van der Waals surface area contributed by atoms with Crippen LogP contribution in [0.5, 0.6) is 0 Å². The molecule has 114 valence electrons. The third-order valence-corrected chi connectivity index (χ3v) is 3.28. The highest BCUT2D eigenvalue weighted by atomic mass is 16.3. The first-order chi connectivity index (χ1) is 9.76. The van der Waals surface area contributed by atoms with Crippen LogP contribution in [0.1, 0.15) is 37.7 Å². The normalized spacial score (nSPS) is 13.3. The van der Waals surface area contributed by atoms with Gasteiger partial charge in [-0.1, -0.05) is 32.9 Å². The Morgan fingerprint density at radius 3 is 2.76 bits per heavy atom. The molecular formula is C16H23N3O2. The number of nitrogens with two attached hydrogens (primary N) is 1. The van der Waals surface area contributed by atoms with Crippen LogP contribution >= 0.6 is 0 Å². The minimum Gasteiger partial charge on any atom is -0.397 e. The van der Waals surface area contributed by atoms with Gasteiger partial charge in [-0.05, 0) is 24.0 Å². The van der Waals surface area contributed by atoms with Crippen LogP contribution in [-0.2, 0) is 0 Å². The fourth-order valence-corrected chi connectivity index (χ4v) is 2.39. The molecule has 0 aliphatic rings. The summed E-state index contributed by atoms with van der Waals surface area (Å²) in [5.74, 6) is -0.237. The van der Waals surface area contributed by atoms with Crippen molar-refractivity contribution in [2.75, 3.05) is 12.3 Å². The summed E-state index contributed by atoms with van der Waals surface area (Å²) in [6.07, 6.45) is 0.0795. The number of rotatable bonds is 4. The fraction of sp³-hybridized carbons (Fsp3) is 0.438. The zero-order chi connectivity index (χ0) is 15.6. The van der Waals surface area contributed by atoms with E-state index in [-0.39, 0.29) is 17.9 Å². The van der Waals surface area contributed by atoms with Crippen molar-refractivity contribution < 1.29 is 9.90 Å². The van der Waals surface area contributed by atoms with Gasteiger partial charge in [0.05, 0.1) is 17.3 Å². The lowest BCUT2D eigenvalue weighted by Gasteiger charge is -2.22. The lowest BCUT2D eigenvalue weighted by atomic mass is 9.89. The van der Waals surface area contributed by atoms with E-state index < -0.39 is 6.10 Å². The molecule has 21 heavy (non-hydrogen) atoms. The Bertz CT molecular complexity index is 640. The number of amides is 1. The van der Waals surface area contributed by atoms with Crippen LogP contribution in [0.3, 0.4) is 0 Å². The number of fused-ring (bicyclic) bond motifs is 1. The average molecular weight is 289 g/mol. The van der Waals surface area contributed by atoms with Crippen molar-refractivity contribution in [1.29, 1.82) is 0 Å². The molecule has 0 bridgehead atoms. The summed E-state index contributed by atoms with van der Waals surface area (Å²) in [4.78, 5) is 15.1. The maximum Gasteiger partial charge on any atom is 0.267 e. The summed E-state index contributed by atoms with van der Waals surface area (Å²) >= 11 is 0. The molecule has 0 spiro atoms. The molecule has 5 heteroatoms. The number of hydrogen-bond donors (Lipinski definition) is 4. The molecule has 1 atom stereocenters. The van der Waals surface area contributed by atoms with Gasteiger partial charge < -0.3 is 21.1 Å². The predicted molar refractivity (Wildman–Crippen MR) is 85.1 cm³/mol. The van der Waals surface area contributed by atoms with E-state index in [1.165, 1.54) is 0 Å². The van der Waals surface area contributed by atoms with E-state index in [1.807, 2.05) is 12.1 Å². The first kappa shape index (κ1) is 15.4. The van der Waals surface area contributed by atoms with Crippen LogP contribution < -0.4 is 11.1 Å². The number of benzene rings is 1. The van der Waals surface area contributed by atoms with Gasteiger partial charge in [-0.15, -0.1) is 0 Å². The number of carbonyl (C=O) groups excluding carboxylic acids is 1. The smallest absolute Gasteiger partial charge is 0.267 e. The summed E-state index contributed by atoms with van der Waals surface area (Å²) in [5, 5.41) is 13.6. The van der Waals surface area contributed by atoms with Gasteiger partial charge in [0.2, 0.25) is 0 Å². The molecule has 1 unspecified atom stereocenters. The van der Waals surface area contributed by atoms with Gasteiger partial charge in [0.1, 0.15) is 5.69 Å². The Kier molecular flexibility index (Phi) is 4.23. The van der Waals surface area contributed by atoms with Gasteiger partial charge in [-0.3, -0.25) is 4.79 Å². The summed E-state index contributed by atoms with van der Waals surface area (Å²) in [6, 6.07) is 7.29. The highest BCUT2D eigenvalue weighted by Gasteiger charge is 2.18. The Morgan fingerprint density at radius 1 is 1.43 bits per heavy atom. The Morgan fingerprint density at radius 2 is 2.14 bits per heavy atom. The van der Waals surface area contributed by atoms with Crippen LogP contribution in [0, 0.1) is 5.41 Å². The second kappa shape index (κ2) is 5.77. The third kappa shape index (κ3) is 3.98. The van der Waals surface area contributed by atoms with Crippen molar-refractivity contribution in [3.05, 3.63) is 30.0 Å². The van der Waals surface area contributed by atoms with Gasteiger partial charge in [0.15, 0.2) is 0 Å². The lowest BCUT2D eigenvalue weighted by molar-refractivity contribution is 0.0865. The summed E-state index contributed by atoms with van der Waals surface area (Å²) in [6.45, 7) is 6.40. The highest BCUT2D eigenvalue weighted by molar-refractivity contribution is 6.00. The van der Waals surface area contributed by atoms with E-state index in [2.05, 4.69) is 31.1 Å². The minimum absolute atomic E-state index is 0.0275. The molecule has 5 nitrogen and oxygen atoms in total. The molecule has 0 radical (unpaired) electrons. The molecule has 1 aromatic heterocycles. The van der Waals surface area contributed by atoms with Crippen molar-refractivity contribution in [3.63, 3.8) is 0 Å². The SMILES string of the molecule is CC(C)(C)CC(O)CNC(=O)c1cc2cccc(N)c2[nH]1. The van der Waals surface area contributed by atoms with E-state index in [1.54, 1.807) is 12.1 Å². The number of aromatic amines is 1. The summed E-state index contributed by atoms with van der Waals surface area (Å²) in [7, 11) is 0. The molecule has 1 heterocycles. The molecule has 0 aliphatic heterocycles. The number of nitrogen functional groups attached to an aromatic ring is 1. The molecule has 0 saturated carbocycles. The molecule has 0 aliphatic carbocycles. The maximum absolute atomic E-state index is 12.1. The van der Waals surface area contributed by atoms with Gasteiger partial charge in [-0.25, -0.2) is 0 Å². The highest BCUT2D eigenvalue weighted by Crippen LogP contribution is 2.22. The predicted octanol–water partition coefficient (Wildman–Crippen LogP) is 2.28. The standard InChI is InChI=1S/C16H23N3O2/c1-16(2,3)8-11(20)9-18-15(21)13-7-10-5-4-6-12(17)14(10)19-13/h4-7,11,19-20H,8-9,17H2,1-3H3,(H,18,21). The number of aromatic nitrogens is 1. The van der Waals surface area contributed by atoms with Crippen LogP contribution in [0.25, 0.3) is 10.9 Å². The van der Waals surface area contributed by atoms with E-state index >= 15 is 0 Å². The molecule has 2 aromatic rings. The van der Waals surface area contributed by atoms with E-state index in [0.717, 1.165) is 10.9 Å². The number of carbonyl (C=O) groups is 1. The molecule has 1 amide bonds. The van der Waals surface area contributed by atoms with Crippen LogP contribution in [-0.4, -0.2) is 28.6 Å². The Balaban J connectivity index is 2.01. The molecule has 5 N–H and O–H groups in total. The van der Waals surface area contributed by atoms with Gasteiger partial charge in [-0.2, -0.15) is 0 Å². The first-order valence-electron chi connectivity index (χ1n) is 7.10.